The first kappa shape index (κ1) is 22.7. The molecule has 1 aromatic carbocycles. The second-order valence-corrected chi connectivity index (χ2v) is 8.38. The number of hydrogen-bond acceptors (Lipinski definition) is 4. The molecule has 0 saturated heterocycles. The fraction of sp³-hybridized carbons (Fsp3) is 0.480. The molecule has 2 aliphatic rings. The van der Waals surface area contributed by atoms with Gasteiger partial charge in [0.05, 0.1) is 11.5 Å². The minimum atomic E-state index is -0.812. The fourth-order valence-electron chi connectivity index (χ4n) is 4.53. The molecule has 2 fully saturated rings. The van der Waals surface area contributed by atoms with Gasteiger partial charge in [-0.15, -0.1) is 0 Å². The molecule has 0 radical (unpaired) electrons. The number of esters is 1. The van der Waals surface area contributed by atoms with E-state index >= 15 is 0 Å². The molecule has 31 heavy (non-hydrogen) atoms. The number of halogens is 2. The predicted octanol–water partition coefficient (Wildman–Crippen LogP) is 6.01. The van der Waals surface area contributed by atoms with Crippen molar-refractivity contribution in [1.82, 2.24) is 0 Å². The summed E-state index contributed by atoms with van der Waals surface area (Å²) in [5.74, 6) is -1.01. The van der Waals surface area contributed by atoms with Crippen LogP contribution in [-0.2, 0) is 9.53 Å². The Morgan fingerprint density at radius 1 is 1.06 bits per heavy atom. The van der Waals surface area contributed by atoms with Crippen LogP contribution in [0.1, 0.15) is 68.4 Å². The number of ether oxygens (including phenoxy) is 1. The summed E-state index contributed by atoms with van der Waals surface area (Å²) < 4.78 is 32.5. The summed E-state index contributed by atoms with van der Waals surface area (Å²) in [6.07, 6.45) is 10.9. The minimum absolute atomic E-state index is 0.0578. The summed E-state index contributed by atoms with van der Waals surface area (Å²) in [6.45, 7) is 0. The van der Waals surface area contributed by atoms with Crippen molar-refractivity contribution in [3.63, 3.8) is 0 Å². The van der Waals surface area contributed by atoms with Gasteiger partial charge in [-0.25, -0.2) is 4.39 Å². The molecular weight excluding hydrogens is 398 g/mol. The Hall–Kier alpha value is -2.99. The number of nitriles is 2. The molecule has 0 unspecified atom stereocenters. The van der Waals surface area contributed by atoms with Crippen LogP contribution in [0.2, 0.25) is 0 Å². The van der Waals surface area contributed by atoms with Crippen molar-refractivity contribution < 1.29 is 18.3 Å². The molecule has 0 N–H and O–H groups in total. The second kappa shape index (κ2) is 10.9. The summed E-state index contributed by atoms with van der Waals surface area (Å²) in [4.78, 5) is 12.6. The highest BCUT2D eigenvalue weighted by Gasteiger charge is 2.30. The van der Waals surface area contributed by atoms with E-state index < -0.39 is 11.6 Å². The van der Waals surface area contributed by atoms with Gasteiger partial charge in [-0.1, -0.05) is 18.2 Å². The maximum atomic E-state index is 13.9. The number of hydrogen-bond donors (Lipinski definition) is 0. The van der Waals surface area contributed by atoms with Gasteiger partial charge in [-0.05, 0) is 87.0 Å². The lowest BCUT2D eigenvalue weighted by Gasteiger charge is -2.31. The monoisotopic (exact) mass is 424 g/mol. The SMILES string of the molecule is N#CC(F)=CC=CC1CCC(C(=O)OC2CCC(c3ccc(C#N)c(F)c3)CC2)CC1. The van der Waals surface area contributed by atoms with E-state index in [4.69, 9.17) is 15.3 Å². The highest BCUT2D eigenvalue weighted by atomic mass is 19.1. The molecule has 2 saturated carbocycles. The van der Waals surface area contributed by atoms with Crippen LogP contribution in [0.5, 0.6) is 0 Å². The molecule has 0 aliphatic heterocycles. The Morgan fingerprint density at radius 2 is 1.77 bits per heavy atom. The van der Waals surface area contributed by atoms with Crippen molar-refractivity contribution >= 4 is 5.97 Å². The molecule has 0 spiro atoms. The van der Waals surface area contributed by atoms with Crippen LogP contribution in [0.25, 0.3) is 0 Å². The predicted molar refractivity (Wildman–Crippen MR) is 112 cm³/mol. The van der Waals surface area contributed by atoms with Gasteiger partial charge in [0.15, 0.2) is 5.83 Å². The molecular formula is C25H26F2N2O2. The van der Waals surface area contributed by atoms with E-state index in [0.717, 1.165) is 63.0 Å². The van der Waals surface area contributed by atoms with Crippen molar-refractivity contribution in [3.05, 3.63) is 59.2 Å². The minimum Gasteiger partial charge on any atom is -0.462 e. The van der Waals surface area contributed by atoms with E-state index in [2.05, 4.69) is 0 Å². The fourth-order valence-corrected chi connectivity index (χ4v) is 4.53. The number of carbonyl (C=O) groups excluding carboxylic acids is 1. The average Bonchev–Trinajstić information content (AvgIpc) is 2.79. The first-order valence-corrected chi connectivity index (χ1v) is 10.8. The Kier molecular flexibility index (Phi) is 7.95. The Balaban J connectivity index is 1.42. The molecule has 0 heterocycles. The Morgan fingerprint density at radius 3 is 2.39 bits per heavy atom. The average molecular weight is 424 g/mol. The van der Waals surface area contributed by atoms with E-state index in [1.165, 1.54) is 18.2 Å². The zero-order valence-electron chi connectivity index (χ0n) is 17.4. The lowest BCUT2D eigenvalue weighted by Crippen LogP contribution is -2.29. The number of nitrogens with zero attached hydrogens (tertiary/aromatic N) is 2. The quantitative estimate of drug-likeness (QED) is 0.330. The molecule has 2 aliphatic carbocycles. The van der Waals surface area contributed by atoms with Crippen molar-refractivity contribution in [2.45, 2.75) is 63.4 Å². The standard InChI is InChI=1S/C25H26F2N2O2/c26-22(16-29)3-1-2-17-4-6-19(7-5-17)25(30)31-23-12-10-18(11-13-23)20-8-9-21(15-28)24(27)14-20/h1-3,8-9,14,17-19,23H,4-7,10-13H2. The van der Waals surface area contributed by atoms with Crippen LogP contribution in [0.3, 0.4) is 0 Å². The van der Waals surface area contributed by atoms with Crippen LogP contribution < -0.4 is 0 Å². The first-order chi connectivity index (χ1) is 15.0. The Bertz CT molecular complexity index is 926. The van der Waals surface area contributed by atoms with Gasteiger partial charge >= 0.3 is 5.97 Å². The third kappa shape index (κ3) is 6.25. The van der Waals surface area contributed by atoms with Crippen LogP contribution in [0, 0.1) is 40.3 Å². The van der Waals surface area contributed by atoms with Crippen LogP contribution in [-0.4, -0.2) is 12.1 Å². The maximum absolute atomic E-state index is 13.9. The number of carbonyl (C=O) groups is 1. The van der Waals surface area contributed by atoms with Crippen LogP contribution in [0.15, 0.2) is 42.3 Å². The first-order valence-electron chi connectivity index (χ1n) is 10.8. The molecule has 0 aromatic heterocycles. The molecule has 6 heteroatoms. The highest BCUT2D eigenvalue weighted by molar-refractivity contribution is 5.72. The van der Waals surface area contributed by atoms with Crippen LogP contribution in [0.4, 0.5) is 8.78 Å². The van der Waals surface area contributed by atoms with Crippen molar-refractivity contribution in [2.24, 2.45) is 11.8 Å². The number of allylic oxidation sites excluding steroid dienone is 4. The van der Waals surface area contributed by atoms with Crippen LogP contribution >= 0.6 is 0 Å². The molecule has 4 nitrogen and oxygen atoms in total. The van der Waals surface area contributed by atoms with Crippen molar-refractivity contribution in [2.75, 3.05) is 0 Å². The van der Waals surface area contributed by atoms with E-state index in [1.54, 1.807) is 6.08 Å². The highest BCUT2D eigenvalue weighted by Crippen LogP contribution is 2.36. The number of benzene rings is 1. The third-order valence-electron chi connectivity index (χ3n) is 6.38. The van der Waals surface area contributed by atoms with E-state index in [-0.39, 0.29) is 35.4 Å². The molecule has 0 amide bonds. The lowest BCUT2D eigenvalue weighted by atomic mass is 9.81. The van der Waals surface area contributed by atoms with E-state index in [9.17, 15) is 13.6 Å². The number of rotatable bonds is 5. The molecule has 0 atom stereocenters. The summed E-state index contributed by atoms with van der Waals surface area (Å²) in [5.41, 5.74) is 0.958. The van der Waals surface area contributed by atoms with E-state index in [0.29, 0.717) is 0 Å². The maximum Gasteiger partial charge on any atom is 0.309 e. The van der Waals surface area contributed by atoms with Gasteiger partial charge in [-0.2, -0.15) is 14.9 Å². The lowest BCUT2D eigenvalue weighted by molar-refractivity contribution is -0.157. The summed E-state index contributed by atoms with van der Waals surface area (Å²) >= 11 is 0. The molecule has 0 bridgehead atoms. The van der Waals surface area contributed by atoms with Gasteiger partial charge in [0.25, 0.3) is 0 Å². The smallest absolute Gasteiger partial charge is 0.309 e. The Labute approximate surface area is 181 Å². The van der Waals surface area contributed by atoms with Crippen molar-refractivity contribution in [3.8, 4) is 12.1 Å². The molecule has 162 valence electrons. The van der Waals surface area contributed by atoms with E-state index in [1.807, 2.05) is 18.2 Å². The van der Waals surface area contributed by atoms with Gasteiger partial charge in [0, 0.05) is 0 Å². The summed E-state index contributed by atoms with van der Waals surface area (Å²) in [5, 5.41) is 17.3. The third-order valence-corrected chi connectivity index (χ3v) is 6.38. The summed E-state index contributed by atoms with van der Waals surface area (Å²) in [7, 11) is 0. The largest absolute Gasteiger partial charge is 0.462 e. The normalized spacial score (nSPS) is 26.8. The molecule has 3 rings (SSSR count). The zero-order valence-corrected chi connectivity index (χ0v) is 17.4. The second-order valence-electron chi connectivity index (χ2n) is 8.38. The van der Waals surface area contributed by atoms with Gasteiger partial charge in [0.1, 0.15) is 24.1 Å². The van der Waals surface area contributed by atoms with Gasteiger partial charge in [0.2, 0.25) is 0 Å². The zero-order chi connectivity index (χ0) is 22.2. The van der Waals surface area contributed by atoms with Gasteiger partial charge in [-0.3, -0.25) is 4.79 Å². The van der Waals surface area contributed by atoms with Crippen molar-refractivity contribution in [1.29, 1.82) is 10.5 Å². The molecule has 1 aromatic rings. The summed E-state index contributed by atoms with van der Waals surface area (Å²) in [6, 6.07) is 8.07. The van der Waals surface area contributed by atoms with Gasteiger partial charge < -0.3 is 4.74 Å². The topological polar surface area (TPSA) is 73.9 Å².